The standard InChI is InChI=1S/C27H29ClN2O5/c1-17-14-20-15-19(6-7-22(20)35-17)25(31)23-24(18-4-2-5-21(28)16-18)30(27(33)26(23)32)9-3-8-29-10-12-34-13-11-29/h2,4-7,15-17,24,31H,3,8-14H2,1H3/b25-23+/t17-,24+/m0/s1. The first kappa shape index (κ1) is 23.9. The third-order valence-electron chi connectivity index (χ3n) is 6.85. The van der Waals surface area contributed by atoms with Crippen molar-refractivity contribution in [1.82, 2.24) is 9.80 Å². The first-order valence-corrected chi connectivity index (χ1v) is 12.4. The number of morpholine rings is 1. The molecule has 2 fully saturated rings. The van der Waals surface area contributed by atoms with Crippen LogP contribution in [0.3, 0.4) is 0 Å². The number of aliphatic hydroxyl groups excluding tert-OH is 1. The van der Waals surface area contributed by atoms with Gasteiger partial charge in [-0.2, -0.15) is 0 Å². The lowest BCUT2D eigenvalue weighted by atomic mass is 9.94. The zero-order valence-corrected chi connectivity index (χ0v) is 20.5. The van der Waals surface area contributed by atoms with E-state index in [0.29, 0.717) is 42.3 Å². The van der Waals surface area contributed by atoms with Gasteiger partial charge in [-0.25, -0.2) is 0 Å². The Morgan fingerprint density at radius 3 is 2.69 bits per heavy atom. The van der Waals surface area contributed by atoms with Gasteiger partial charge in [-0.15, -0.1) is 0 Å². The Morgan fingerprint density at radius 2 is 1.91 bits per heavy atom. The van der Waals surface area contributed by atoms with Crippen LogP contribution in [0, 0.1) is 0 Å². The van der Waals surface area contributed by atoms with E-state index in [1.165, 1.54) is 0 Å². The van der Waals surface area contributed by atoms with Crippen LogP contribution < -0.4 is 4.74 Å². The molecule has 2 aromatic rings. The van der Waals surface area contributed by atoms with Gasteiger partial charge in [0.2, 0.25) is 0 Å². The van der Waals surface area contributed by atoms with E-state index >= 15 is 0 Å². The highest BCUT2D eigenvalue weighted by atomic mass is 35.5. The molecule has 8 heteroatoms. The zero-order valence-electron chi connectivity index (χ0n) is 19.7. The molecule has 35 heavy (non-hydrogen) atoms. The summed E-state index contributed by atoms with van der Waals surface area (Å²) in [6.07, 6.45) is 1.49. The van der Waals surface area contributed by atoms with E-state index < -0.39 is 17.7 Å². The van der Waals surface area contributed by atoms with Crippen molar-refractivity contribution in [3.63, 3.8) is 0 Å². The molecule has 184 valence electrons. The summed E-state index contributed by atoms with van der Waals surface area (Å²) in [5, 5.41) is 11.8. The number of benzene rings is 2. The van der Waals surface area contributed by atoms with Gasteiger partial charge in [-0.3, -0.25) is 14.5 Å². The molecule has 3 aliphatic rings. The molecule has 1 amide bonds. The van der Waals surface area contributed by atoms with Crippen LogP contribution in [0.5, 0.6) is 5.75 Å². The fraction of sp³-hybridized carbons (Fsp3) is 0.407. The van der Waals surface area contributed by atoms with E-state index in [0.717, 1.165) is 37.4 Å². The maximum absolute atomic E-state index is 13.3. The molecule has 2 aromatic carbocycles. The maximum atomic E-state index is 13.3. The molecule has 0 unspecified atom stereocenters. The molecule has 0 bridgehead atoms. The molecular weight excluding hydrogens is 468 g/mol. The normalized spacial score (nSPS) is 24.0. The van der Waals surface area contributed by atoms with Crippen LogP contribution in [-0.4, -0.2) is 72.1 Å². The summed E-state index contributed by atoms with van der Waals surface area (Å²) in [6, 6.07) is 11.8. The average Bonchev–Trinajstić information content (AvgIpc) is 3.35. The number of nitrogens with zero attached hydrogens (tertiary/aromatic N) is 2. The van der Waals surface area contributed by atoms with E-state index in [-0.39, 0.29) is 17.4 Å². The maximum Gasteiger partial charge on any atom is 0.295 e. The summed E-state index contributed by atoms with van der Waals surface area (Å²) < 4.78 is 11.2. The third-order valence-corrected chi connectivity index (χ3v) is 7.09. The molecule has 7 nitrogen and oxygen atoms in total. The highest BCUT2D eigenvalue weighted by Gasteiger charge is 2.46. The second kappa shape index (κ2) is 10.0. The first-order chi connectivity index (χ1) is 16.9. The number of ketones is 1. The van der Waals surface area contributed by atoms with Crippen LogP contribution in [0.4, 0.5) is 0 Å². The molecule has 0 spiro atoms. The molecule has 5 rings (SSSR count). The Hall–Kier alpha value is -2.87. The quantitative estimate of drug-likeness (QED) is 0.372. The summed E-state index contributed by atoms with van der Waals surface area (Å²) in [4.78, 5) is 30.3. The van der Waals surface area contributed by atoms with Crippen molar-refractivity contribution in [3.05, 3.63) is 69.8 Å². The van der Waals surface area contributed by atoms with Crippen LogP contribution in [0.25, 0.3) is 5.76 Å². The third kappa shape index (κ3) is 4.81. The van der Waals surface area contributed by atoms with Crippen molar-refractivity contribution in [2.45, 2.75) is 31.9 Å². The van der Waals surface area contributed by atoms with Gasteiger partial charge in [0, 0.05) is 43.2 Å². The lowest BCUT2D eigenvalue weighted by Gasteiger charge is -2.29. The van der Waals surface area contributed by atoms with Gasteiger partial charge >= 0.3 is 0 Å². The summed E-state index contributed by atoms with van der Waals surface area (Å²) in [5.74, 6) is -0.670. The number of carbonyl (C=O) groups is 2. The molecular formula is C27H29ClN2O5. The van der Waals surface area contributed by atoms with Crippen LogP contribution in [-0.2, 0) is 20.7 Å². The number of rotatable bonds is 6. The summed E-state index contributed by atoms with van der Waals surface area (Å²) in [7, 11) is 0. The SMILES string of the molecule is C[C@H]1Cc2cc(/C(O)=C3\C(=O)C(=O)N(CCCN4CCOCC4)[C@@H]3c3cccc(Cl)c3)ccc2O1. The van der Waals surface area contributed by atoms with Gasteiger partial charge < -0.3 is 19.5 Å². The van der Waals surface area contributed by atoms with Gasteiger partial charge in [0.05, 0.1) is 24.8 Å². The zero-order chi connectivity index (χ0) is 24.5. The van der Waals surface area contributed by atoms with Crippen molar-refractivity contribution in [1.29, 1.82) is 0 Å². The van der Waals surface area contributed by atoms with E-state index in [1.54, 1.807) is 35.2 Å². The fourth-order valence-electron chi connectivity index (χ4n) is 5.15. The Labute approximate surface area is 209 Å². The van der Waals surface area contributed by atoms with Crippen LogP contribution in [0.2, 0.25) is 5.02 Å². The fourth-order valence-corrected chi connectivity index (χ4v) is 5.35. The number of likely N-dealkylation sites (tertiary alicyclic amines) is 1. The van der Waals surface area contributed by atoms with Crippen LogP contribution >= 0.6 is 11.6 Å². The molecule has 0 aromatic heterocycles. The minimum Gasteiger partial charge on any atom is -0.507 e. The number of amides is 1. The number of hydrogen-bond donors (Lipinski definition) is 1. The lowest BCUT2D eigenvalue weighted by molar-refractivity contribution is -0.140. The Kier molecular flexibility index (Phi) is 6.82. The Bertz CT molecular complexity index is 1170. The van der Waals surface area contributed by atoms with Crippen LogP contribution in [0.15, 0.2) is 48.0 Å². The van der Waals surface area contributed by atoms with E-state index in [4.69, 9.17) is 21.1 Å². The molecule has 3 heterocycles. The number of Topliss-reactive ketones (excluding diaryl/α,β-unsaturated/α-hetero) is 1. The minimum atomic E-state index is -0.707. The predicted molar refractivity (Wildman–Crippen MR) is 133 cm³/mol. The predicted octanol–water partition coefficient (Wildman–Crippen LogP) is 3.81. The molecule has 0 aliphatic carbocycles. The second-order valence-corrected chi connectivity index (χ2v) is 9.75. The second-order valence-electron chi connectivity index (χ2n) is 9.31. The minimum absolute atomic E-state index is 0.0610. The molecule has 2 saturated heterocycles. The van der Waals surface area contributed by atoms with E-state index in [9.17, 15) is 14.7 Å². The Morgan fingerprint density at radius 1 is 1.11 bits per heavy atom. The molecule has 0 saturated carbocycles. The van der Waals surface area contributed by atoms with Gasteiger partial charge in [-0.1, -0.05) is 23.7 Å². The highest BCUT2D eigenvalue weighted by Crippen LogP contribution is 2.41. The van der Waals surface area contributed by atoms with Gasteiger partial charge in [0.1, 0.15) is 17.6 Å². The highest BCUT2D eigenvalue weighted by molar-refractivity contribution is 6.46. The van der Waals surface area contributed by atoms with Crippen molar-refractivity contribution in [3.8, 4) is 5.75 Å². The van der Waals surface area contributed by atoms with Gasteiger partial charge in [0.25, 0.3) is 11.7 Å². The van der Waals surface area contributed by atoms with Crippen molar-refractivity contribution in [2.75, 3.05) is 39.4 Å². The Balaban J connectivity index is 1.48. The van der Waals surface area contributed by atoms with Crippen LogP contribution in [0.1, 0.15) is 36.1 Å². The monoisotopic (exact) mass is 496 g/mol. The summed E-state index contributed by atoms with van der Waals surface area (Å²) >= 11 is 6.27. The summed E-state index contributed by atoms with van der Waals surface area (Å²) in [6.45, 7) is 6.31. The molecule has 0 radical (unpaired) electrons. The van der Waals surface area contributed by atoms with Crippen molar-refractivity contribution in [2.24, 2.45) is 0 Å². The number of halogens is 1. The van der Waals surface area contributed by atoms with Crippen molar-refractivity contribution < 1.29 is 24.2 Å². The van der Waals surface area contributed by atoms with E-state index in [2.05, 4.69) is 4.90 Å². The number of carbonyl (C=O) groups excluding carboxylic acids is 2. The number of aliphatic hydroxyl groups is 1. The van der Waals surface area contributed by atoms with E-state index in [1.807, 2.05) is 19.1 Å². The topological polar surface area (TPSA) is 79.3 Å². The first-order valence-electron chi connectivity index (χ1n) is 12.1. The number of hydrogen-bond acceptors (Lipinski definition) is 6. The lowest BCUT2D eigenvalue weighted by Crippen LogP contribution is -2.38. The number of ether oxygens (including phenoxy) is 2. The summed E-state index contributed by atoms with van der Waals surface area (Å²) in [5.41, 5.74) is 2.26. The largest absolute Gasteiger partial charge is 0.507 e. The number of fused-ring (bicyclic) bond motifs is 1. The smallest absolute Gasteiger partial charge is 0.295 e. The molecule has 1 N–H and O–H groups in total. The molecule has 3 aliphatic heterocycles. The molecule has 2 atom stereocenters. The van der Waals surface area contributed by atoms with Gasteiger partial charge in [-0.05, 0) is 54.8 Å². The average molecular weight is 497 g/mol. The van der Waals surface area contributed by atoms with Gasteiger partial charge in [0.15, 0.2) is 0 Å². The van der Waals surface area contributed by atoms with Crippen molar-refractivity contribution >= 4 is 29.1 Å².